The highest BCUT2D eigenvalue weighted by molar-refractivity contribution is 4.96. The van der Waals surface area contributed by atoms with Crippen LogP contribution in [0.5, 0.6) is 0 Å². The first-order valence-electron chi connectivity index (χ1n) is 8.29. The number of hydrogen-bond acceptors (Lipinski definition) is 5. The van der Waals surface area contributed by atoms with Crippen LogP contribution < -0.4 is 0 Å². The number of aliphatic hydroxyl groups is 1. The predicted molar refractivity (Wildman–Crippen MR) is 74.8 cm³/mol. The fourth-order valence-corrected chi connectivity index (χ4v) is 4.37. The Morgan fingerprint density at radius 2 is 1.90 bits per heavy atom. The summed E-state index contributed by atoms with van der Waals surface area (Å²) in [6, 6.07) is 0. The molecule has 4 fully saturated rings. The predicted octanol–water partition coefficient (Wildman–Crippen LogP) is 1.47. The van der Waals surface area contributed by atoms with Gasteiger partial charge in [-0.3, -0.25) is 0 Å². The lowest BCUT2D eigenvalue weighted by Crippen LogP contribution is -2.51. The highest BCUT2D eigenvalue weighted by Crippen LogP contribution is 2.45. The topological polar surface area (TPSA) is 60.5 Å². The van der Waals surface area contributed by atoms with Crippen LogP contribution in [0, 0.1) is 11.3 Å². The van der Waals surface area contributed by atoms with E-state index in [4.69, 9.17) is 18.9 Å². The molecule has 0 radical (unpaired) electrons. The van der Waals surface area contributed by atoms with Gasteiger partial charge >= 0.3 is 0 Å². The van der Waals surface area contributed by atoms with Crippen molar-refractivity contribution >= 4 is 0 Å². The van der Waals surface area contributed by atoms with Gasteiger partial charge in [0.1, 0.15) is 0 Å². The summed E-state index contributed by atoms with van der Waals surface area (Å²) in [5.74, 6) is 0.485. The van der Waals surface area contributed by atoms with E-state index in [1.807, 2.05) is 0 Å². The molecule has 2 saturated carbocycles. The zero-order valence-electron chi connectivity index (χ0n) is 12.7. The van der Waals surface area contributed by atoms with Gasteiger partial charge < -0.3 is 24.1 Å². The van der Waals surface area contributed by atoms with Gasteiger partial charge in [-0.1, -0.05) is 0 Å². The molecule has 0 aromatic rings. The summed E-state index contributed by atoms with van der Waals surface area (Å²) >= 11 is 0. The van der Waals surface area contributed by atoms with Gasteiger partial charge in [0.15, 0.2) is 6.29 Å². The average Bonchev–Trinajstić information content (AvgIpc) is 3.29. The molecule has 5 nitrogen and oxygen atoms in total. The smallest absolute Gasteiger partial charge is 0.160 e. The highest BCUT2D eigenvalue weighted by Gasteiger charge is 2.49. The summed E-state index contributed by atoms with van der Waals surface area (Å²) < 4.78 is 23.2. The molecule has 5 atom stereocenters. The Hall–Kier alpha value is -0.200. The van der Waals surface area contributed by atoms with E-state index >= 15 is 0 Å². The number of ether oxygens (including phenoxy) is 4. The fraction of sp³-hybridized carbons (Fsp3) is 1.00. The minimum Gasteiger partial charge on any atom is -0.390 e. The van der Waals surface area contributed by atoms with Crippen LogP contribution in [0.3, 0.4) is 0 Å². The molecule has 1 N–H and O–H groups in total. The average molecular weight is 298 g/mol. The van der Waals surface area contributed by atoms with Crippen molar-refractivity contribution in [2.75, 3.05) is 20.3 Å². The summed E-state index contributed by atoms with van der Waals surface area (Å²) in [5.41, 5.74) is 0.0314. The van der Waals surface area contributed by atoms with Crippen molar-refractivity contribution < 1.29 is 24.1 Å². The zero-order valence-corrected chi connectivity index (χ0v) is 12.7. The second-order valence-electron chi connectivity index (χ2n) is 7.36. The first-order chi connectivity index (χ1) is 10.2. The van der Waals surface area contributed by atoms with E-state index in [1.54, 1.807) is 7.11 Å². The Morgan fingerprint density at radius 1 is 1.10 bits per heavy atom. The Balaban J connectivity index is 1.33. The van der Waals surface area contributed by atoms with Crippen molar-refractivity contribution in [1.82, 2.24) is 0 Å². The maximum absolute atomic E-state index is 9.95. The molecular formula is C16H26O5. The van der Waals surface area contributed by atoms with Crippen molar-refractivity contribution in [2.45, 2.75) is 69.2 Å². The van der Waals surface area contributed by atoms with E-state index < -0.39 is 0 Å². The number of aliphatic hydroxyl groups excluding tert-OH is 1. The van der Waals surface area contributed by atoms with E-state index in [1.165, 1.54) is 0 Å². The quantitative estimate of drug-likeness (QED) is 0.782. The zero-order chi connectivity index (χ0) is 14.4. The molecule has 2 saturated heterocycles. The molecule has 0 aromatic carbocycles. The number of rotatable bonds is 2. The number of hydrogen-bond donors (Lipinski definition) is 1. The summed E-state index contributed by atoms with van der Waals surface area (Å²) in [6.45, 7) is 1.46. The van der Waals surface area contributed by atoms with E-state index in [0.29, 0.717) is 18.1 Å². The third-order valence-electron chi connectivity index (χ3n) is 5.87. The third-order valence-corrected chi connectivity index (χ3v) is 5.87. The van der Waals surface area contributed by atoms with Crippen molar-refractivity contribution in [3.63, 3.8) is 0 Å². The van der Waals surface area contributed by atoms with Gasteiger partial charge in [-0.05, 0) is 38.5 Å². The first kappa shape index (κ1) is 14.4. The van der Waals surface area contributed by atoms with Crippen LogP contribution in [0.4, 0.5) is 0 Å². The largest absolute Gasteiger partial charge is 0.390 e. The van der Waals surface area contributed by atoms with Crippen molar-refractivity contribution in [1.29, 1.82) is 0 Å². The normalized spacial score (nSPS) is 53.4. The van der Waals surface area contributed by atoms with Crippen LogP contribution in [0.2, 0.25) is 0 Å². The molecule has 0 aromatic heterocycles. The van der Waals surface area contributed by atoms with Gasteiger partial charge in [-0.25, -0.2) is 0 Å². The second-order valence-corrected chi connectivity index (χ2v) is 7.36. The lowest BCUT2D eigenvalue weighted by molar-refractivity contribution is -0.267. The summed E-state index contributed by atoms with van der Waals surface area (Å²) in [6.07, 6.45) is 6.45. The molecule has 1 spiro atoms. The first-order valence-corrected chi connectivity index (χ1v) is 8.29. The SMILES string of the molecule is COC1CC2(CCC1O)COC(C1CCC3OC3C1)OC2. The Morgan fingerprint density at radius 3 is 2.62 bits per heavy atom. The molecule has 2 aliphatic heterocycles. The number of fused-ring (bicyclic) bond motifs is 1. The van der Waals surface area contributed by atoms with Gasteiger partial charge in [0.2, 0.25) is 0 Å². The van der Waals surface area contributed by atoms with Crippen LogP contribution in [0.15, 0.2) is 0 Å². The molecular weight excluding hydrogens is 272 g/mol. The molecule has 0 amide bonds. The molecule has 4 rings (SSSR count). The fourth-order valence-electron chi connectivity index (χ4n) is 4.37. The minimum absolute atomic E-state index is 0.0314. The van der Waals surface area contributed by atoms with E-state index in [2.05, 4.69) is 0 Å². The van der Waals surface area contributed by atoms with Crippen molar-refractivity contribution in [3.8, 4) is 0 Å². The lowest BCUT2D eigenvalue weighted by atomic mass is 9.72. The van der Waals surface area contributed by atoms with Crippen LogP contribution in [-0.4, -0.2) is 56.1 Å². The Bertz CT molecular complexity index is 379. The van der Waals surface area contributed by atoms with E-state index in [9.17, 15) is 5.11 Å². The molecule has 4 aliphatic rings. The molecule has 120 valence electrons. The molecule has 5 heteroatoms. The number of epoxide rings is 1. The van der Waals surface area contributed by atoms with Crippen LogP contribution in [0.25, 0.3) is 0 Å². The van der Waals surface area contributed by atoms with Crippen molar-refractivity contribution in [3.05, 3.63) is 0 Å². The van der Waals surface area contributed by atoms with Crippen molar-refractivity contribution in [2.24, 2.45) is 11.3 Å². The number of methoxy groups -OCH3 is 1. The standard InChI is InChI=1S/C16H26O5/c1-18-14-7-16(5-4-11(14)17)8-19-15(20-9-16)10-2-3-12-13(6-10)21-12/h10-15,17H,2-9H2,1H3. The monoisotopic (exact) mass is 298 g/mol. The molecule has 0 bridgehead atoms. The molecule has 21 heavy (non-hydrogen) atoms. The van der Waals surface area contributed by atoms with Crippen LogP contribution in [0.1, 0.15) is 38.5 Å². The van der Waals surface area contributed by atoms with Gasteiger partial charge in [0, 0.05) is 18.4 Å². The summed E-state index contributed by atoms with van der Waals surface area (Å²) in [5, 5.41) is 9.95. The maximum atomic E-state index is 9.95. The molecule has 2 aliphatic carbocycles. The highest BCUT2D eigenvalue weighted by atomic mass is 16.7. The van der Waals surface area contributed by atoms with Gasteiger partial charge in [0.25, 0.3) is 0 Å². The molecule has 5 unspecified atom stereocenters. The minimum atomic E-state index is -0.347. The molecule has 2 heterocycles. The summed E-state index contributed by atoms with van der Waals surface area (Å²) in [4.78, 5) is 0. The Kier molecular flexibility index (Phi) is 3.74. The third kappa shape index (κ3) is 2.75. The van der Waals surface area contributed by atoms with E-state index in [0.717, 1.165) is 51.7 Å². The second kappa shape index (κ2) is 5.46. The van der Waals surface area contributed by atoms with Crippen LogP contribution in [-0.2, 0) is 18.9 Å². The maximum Gasteiger partial charge on any atom is 0.160 e. The van der Waals surface area contributed by atoms with E-state index in [-0.39, 0.29) is 23.9 Å². The Labute approximate surface area is 125 Å². The van der Waals surface area contributed by atoms with Gasteiger partial charge in [-0.2, -0.15) is 0 Å². The van der Waals surface area contributed by atoms with Crippen LogP contribution >= 0.6 is 0 Å². The summed E-state index contributed by atoms with van der Waals surface area (Å²) in [7, 11) is 1.67. The van der Waals surface area contributed by atoms with Gasteiger partial charge in [0.05, 0.1) is 37.6 Å². The van der Waals surface area contributed by atoms with Gasteiger partial charge in [-0.15, -0.1) is 0 Å². The lowest BCUT2D eigenvalue weighted by Gasteiger charge is -2.47.